The Morgan fingerprint density at radius 2 is 1.83 bits per heavy atom. The van der Waals surface area contributed by atoms with E-state index in [1.807, 2.05) is 20.8 Å². The average molecular weight is 258 g/mol. The van der Waals surface area contributed by atoms with Gasteiger partial charge in [-0.3, -0.25) is 0 Å². The number of likely N-dealkylation sites (tertiary alicyclic amines) is 1. The smallest absolute Gasteiger partial charge is 0.410 e. The normalized spacial score (nSPS) is 21.6. The predicted molar refractivity (Wildman–Crippen MR) is 70.2 cm³/mol. The monoisotopic (exact) mass is 258 g/mol. The molecule has 1 heterocycles. The molecule has 18 heavy (non-hydrogen) atoms. The van der Waals surface area contributed by atoms with E-state index in [2.05, 4.69) is 0 Å². The molecule has 1 amide bonds. The molecule has 0 bridgehead atoms. The second kappa shape index (κ2) is 5.45. The average Bonchev–Trinajstić information content (AvgIpc) is 2.27. The first-order valence-electron chi connectivity index (χ1n) is 6.56. The molecule has 0 aromatic carbocycles. The molecular weight excluding hydrogens is 232 g/mol. The van der Waals surface area contributed by atoms with Gasteiger partial charge in [-0.25, -0.2) is 4.79 Å². The summed E-state index contributed by atoms with van der Waals surface area (Å²) in [7, 11) is 0. The van der Waals surface area contributed by atoms with Crippen LogP contribution in [0.3, 0.4) is 0 Å². The zero-order valence-electron chi connectivity index (χ0n) is 11.9. The highest BCUT2D eigenvalue weighted by Gasteiger charge is 2.35. The maximum Gasteiger partial charge on any atom is 0.410 e. The first kappa shape index (κ1) is 15.2. The molecule has 0 unspecified atom stereocenters. The van der Waals surface area contributed by atoms with Gasteiger partial charge in [0.05, 0.1) is 5.60 Å². The number of hydrogen-bond donors (Lipinski definition) is 2. The lowest BCUT2D eigenvalue weighted by atomic mass is 9.82. The van der Waals surface area contributed by atoms with Crippen molar-refractivity contribution in [2.75, 3.05) is 19.6 Å². The number of amides is 1. The summed E-state index contributed by atoms with van der Waals surface area (Å²) < 4.78 is 5.32. The Morgan fingerprint density at radius 1 is 1.33 bits per heavy atom. The maximum absolute atomic E-state index is 11.9. The summed E-state index contributed by atoms with van der Waals surface area (Å²) in [5.41, 5.74) is 4.26. The van der Waals surface area contributed by atoms with E-state index in [0.717, 1.165) is 12.8 Å². The number of hydrogen-bond acceptors (Lipinski definition) is 4. The second-order valence-corrected chi connectivity index (χ2v) is 6.30. The Kier molecular flexibility index (Phi) is 4.61. The Morgan fingerprint density at radius 3 is 2.22 bits per heavy atom. The topological polar surface area (TPSA) is 75.8 Å². The molecule has 1 aliphatic rings. The van der Waals surface area contributed by atoms with E-state index >= 15 is 0 Å². The van der Waals surface area contributed by atoms with Gasteiger partial charge in [0.15, 0.2) is 0 Å². The third kappa shape index (κ3) is 4.14. The van der Waals surface area contributed by atoms with E-state index in [0.29, 0.717) is 13.1 Å². The minimum absolute atomic E-state index is 0.154. The van der Waals surface area contributed by atoms with Crippen molar-refractivity contribution in [3.05, 3.63) is 0 Å². The van der Waals surface area contributed by atoms with E-state index in [1.54, 1.807) is 11.8 Å². The molecule has 3 N–H and O–H groups in total. The summed E-state index contributed by atoms with van der Waals surface area (Å²) >= 11 is 0. The van der Waals surface area contributed by atoms with Crippen LogP contribution in [0.4, 0.5) is 4.79 Å². The number of aliphatic hydroxyl groups is 1. The fourth-order valence-corrected chi connectivity index (χ4v) is 2.18. The lowest BCUT2D eigenvalue weighted by Crippen LogP contribution is -2.49. The minimum Gasteiger partial charge on any atom is -0.444 e. The highest BCUT2D eigenvalue weighted by Crippen LogP contribution is 2.28. The van der Waals surface area contributed by atoms with Gasteiger partial charge in [0.25, 0.3) is 0 Å². The molecule has 0 aromatic heterocycles. The van der Waals surface area contributed by atoms with E-state index in [1.165, 1.54) is 0 Å². The Balaban J connectivity index is 2.47. The number of rotatable bonds is 2. The Labute approximate surface area is 109 Å². The van der Waals surface area contributed by atoms with Crippen LogP contribution in [0.25, 0.3) is 0 Å². The van der Waals surface area contributed by atoms with Crippen molar-refractivity contribution >= 4 is 6.09 Å². The van der Waals surface area contributed by atoms with Gasteiger partial charge in [-0.2, -0.15) is 0 Å². The van der Waals surface area contributed by atoms with Crippen molar-refractivity contribution in [3.8, 4) is 0 Å². The molecule has 0 saturated carbocycles. The van der Waals surface area contributed by atoms with Crippen LogP contribution in [0.1, 0.15) is 40.5 Å². The van der Waals surface area contributed by atoms with Crippen molar-refractivity contribution in [1.82, 2.24) is 4.90 Å². The molecule has 5 heteroatoms. The summed E-state index contributed by atoms with van der Waals surface area (Å²) in [6, 6.07) is 0. The number of carbonyl (C=O) groups is 1. The van der Waals surface area contributed by atoms with Crippen LogP contribution in [0.2, 0.25) is 0 Å². The zero-order valence-corrected chi connectivity index (χ0v) is 11.9. The summed E-state index contributed by atoms with van der Waals surface area (Å²) in [6.07, 6.45) is 1.26. The third-order valence-electron chi connectivity index (χ3n) is 3.44. The SMILES string of the molecule is CC(C)(C)OC(=O)N1CCC([C@](C)(O)CN)CC1. The van der Waals surface area contributed by atoms with Crippen LogP contribution in [0.5, 0.6) is 0 Å². The van der Waals surface area contributed by atoms with Gasteiger partial charge in [0, 0.05) is 19.6 Å². The lowest BCUT2D eigenvalue weighted by molar-refractivity contribution is -0.0283. The van der Waals surface area contributed by atoms with Crippen LogP contribution in [-0.2, 0) is 4.74 Å². The fraction of sp³-hybridized carbons (Fsp3) is 0.923. The van der Waals surface area contributed by atoms with Gasteiger partial charge >= 0.3 is 6.09 Å². The number of piperidine rings is 1. The van der Waals surface area contributed by atoms with Crippen molar-refractivity contribution in [2.24, 2.45) is 11.7 Å². The maximum atomic E-state index is 11.9. The molecule has 1 aliphatic heterocycles. The van der Waals surface area contributed by atoms with Crippen LogP contribution in [0.15, 0.2) is 0 Å². The summed E-state index contributed by atoms with van der Waals surface area (Å²) in [6.45, 7) is 8.83. The molecule has 1 rings (SSSR count). The number of nitrogens with zero attached hydrogens (tertiary/aromatic N) is 1. The Hall–Kier alpha value is -0.810. The zero-order chi connectivity index (χ0) is 14.0. The fourth-order valence-electron chi connectivity index (χ4n) is 2.18. The van der Waals surface area contributed by atoms with Crippen LogP contribution < -0.4 is 5.73 Å². The molecule has 0 aromatic rings. The lowest BCUT2D eigenvalue weighted by Gasteiger charge is -2.39. The van der Waals surface area contributed by atoms with Crippen LogP contribution >= 0.6 is 0 Å². The molecular formula is C13H26N2O3. The highest BCUT2D eigenvalue weighted by atomic mass is 16.6. The van der Waals surface area contributed by atoms with Crippen LogP contribution in [0, 0.1) is 5.92 Å². The van der Waals surface area contributed by atoms with E-state index in [4.69, 9.17) is 10.5 Å². The van der Waals surface area contributed by atoms with E-state index < -0.39 is 11.2 Å². The molecule has 1 saturated heterocycles. The van der Waals surface area contributed by atoms with E-state index in [-0.39, 0.29) is 18.6 Å². The number of carbonyl (C=O) groups excluding carboxylic acids is 1. The van der Waals surface area contributed by atoms with Crippen molar-refractivity contribution < 1.29 is 14.6 Å². The molecule has 5 nitrogen and oxygen atoms in total. The van der Waals surface area contributed by atoms with Gasteiger partial charge in [0.2, 0.25) is 0 Å². The molecule has 1 atom stereocenters. The Bertz CT molecular complexity index is 289. The minimum atomic E-state index is -0.833. The molecule has 106 valence electrons. The van der Waals surface area contributed by atoms with Gasteiger partial charge in [-0.1, -0.05) is 0 Å². The van der Waals surface area contributed by atoms with Crippen LogP contribution in [-0.4, -0.2) is 46.9 Å². The largest absolute Gasteiger partial charge is 0.444 e. The standard InChI is InChI=1S/C13H26N2O3/c1-12(2,3)18-11(16)15-7-5-10(6-8-15)13(4,17)9-14/h10,17H,5-9,14H2,1-4H3/t13-/m1/s1. The quantitative estimate of drug-likeness (QED) is 0.784. The van der Waals surface area contributed by atoms with Crippen molar-refractivity contribution in [3.63, 3.8) is 0 Å². The van der Waals surface area contributed by atoms with Crippen molar-refractivity contribution in [2.45, 2.75) is 51.7 Å². The van der Waals surface area contributed by atoms with Gasteiger partial charge < -0.3 is 20.5 Å². The van der Waals surface area contributed by atoms with Gasteiger partial charge in [0.1, 0.15) is 5.60 Å². The molecule has 0 radical (unpaired) electrons. The van der Waals surface area contributed by atoms with E-state index in [9.17, 15) is 9.90 Å². The number of nitrogens with two attached hydrogens (primary N) is 1. The number of ether oxygens (including phenoxy) is 1. The highest BCUT2D eigenvalue weighted by molar-refractivity contribution is 5.68. The summed E-state index contributed by atoms with van der Waals surface area (Å²) in [4.78, 5) is 13.6. The first-order chi connectivity index (χ1) is 8.15. The van der Waals surface area contributed by atoms with Crippen molar-refractivity contribution in [1.29, 1.82) is 0 Å². The van der Waals surface area contributed by atoms with Gasteiger partial charge in [-0.05, 0) is 46.5 Å². The third-order valence-corrected chi connectivity index (χ3v) is 3.44. The molecule has 0 spiro atoms. The molecule has 1 fully saturated rings. The molecule has 0 aliphatic carbocycles. The van der Waals surface area contributed by atoms with Gasteiger partial charge in [-0.15, -0.1) is 0 Å². The second-order valence-electron chi connectivity index (χ2n) is 6.30. The summed E-state index contributed by atoms with van der Waals surface area (Å²) in [5.74, 6) is 0.154. The first-order valence-corrected chi connectivity index (χ1v) is 6.56. The predicted octanol–water partition coefficient (Wildman–Crippen LogP) is 1.34. The summed E-state index contributed by atoms with van der Waals surface area (Å²) in [5, 5.41) is 10.1.